The van der Waals surface area contributed by atoms with Gasteiger partial charge in [0.15, 0.2) is 0 Å². The zero-order chi connectivity index (χ0) is 25.6. The third kappa shape index (κ3) is 7.90. The van der Waals surface area contributed by atoms with Crippen molar-refractivity contribution in [3.8, 4) is 0 Å². The van der Waals surface area contributed by atoms with Gasteiger partial charge in [-0.15, -0.1) is 0 Å². The molecule has 3 aromatic rings. The van der Waals surface area contributed by atoms with Gasteiger partial charge in [0.2, 0.25) is 5.91 Å². The van der Waals surface area contributed by atoms with Gasteiger partial charge in [-0.05, 0) is 61.9 Å². The van der Waals surface area contributed by atoms with E-state index in [2.05, 4.69) is 10.3 Å². The number of anilines is 1. The monoisotopic (exact) mass is 501 g/mol. The first-order valence-corrected chi connectivity index (χ1v) is 11.6. The Bertz CT molecular complexity index is 1200. The first kappa shape index (κ1) is 26.4. The molecule has 186 valence electrons. The van der Waals surface area contributed by atoms with Crippen LogP contribution in [-0.4, -0.2) is 52.3 Å². The van der Waals surface area contributed by atoms with Crippen LogP contribution in [0.5, 0.6) is 0 Å². The van der Waals surface area contributed by atoms with E-state index in [-0.39, 0.29) is 37.0 Å². The molecular weight excluding hydrogens is 473 g/mol. The quantitative estimate of drug-likeness (QED) is 0.420. The molecule has 0 aliphatic carbocycles. The number of ether oxygens (including phenoxy) is 1. The lowest BCUT2D eigenvalue weighted by Gasteiger charge is -2.32. The van der Waals surface area contributed by atoms with Crippen LogP contribution in [-0.2, 0) is 16.0 Å². The third-order valence-corrected chi connectivity index (χ3v) is 5.93. The minimum absolute atomic E-state index is 0.122. The largest absolute Gasteiger partial charge is 0.447 e. The Hall–Kier alpha value is -3.23. The molecular formula is C26H29ClFN3O4. The van der Waals surface area contributed by atoms with Gasteiger partial charge >= 0.3 is 6.09 Å². The van der Waals surface area contributed by atoms with Gasteiger partial charge in [0.05, 0.1) is 11.6 Å². The van der Waals surface area contributed by atoms with Crippen LogP contribution in [0.2, 0.25) is 5.02 Å². The number of fused-ring (bicyclic) bond motifs is 1. The second-order valence-electron chi connectivity index (χ2n) is 9.05. The Labute approximate surface area is 208 Å². The molecule has 2 amide bonds. The summed E-state index contributed by atoms with van der Waals surface area (Å²) in [7, 11) is 1.62. The van der Waals surface area contributed by atoms with Crippen LogP contribution in [0.4, 0.5) is 15.0 Å². The van der Waals surface area contributed by atoms with Crippen molar-refractivity contribution in [3.63, 3.8) is 0 Å². The fourth-order valence-electron chi connectivity index (χ4n) is 3.70. The van der Waals surface area contributed by atoms with Crippen molar-refractivity contribution in [2.75, 3.05) is 19.0 Å². The van der Waals surface area contributed by atoms with Crippen molar-refractivity contribution in [1.82, 2.24) is 9.88 Å². The number of rotatable bonds is 9. The number of aryl methyl sites for hydroxylation is 1. The van der Waals surface area contributed by atoms with E-state index < -0.39 is 17.7 Å². The number of nitrogens with zero attached hydrogens (tertiary/aromatic N) is 2. The number of pyridine rings is 1. The molecule has 1 aromatic heterocycles. The SMILES string of the molecule is CN(C(=O)CCc1ccccc1Cl)[C@H](COC(=O)Nc1cc2ccc(F)cc2cn1)CC(C)(C)O. The normalized spacial score (nSPS) is 12.3. The number of amides is 2. The average Bonchev–Trinajstić information content (AvgIpc) is 2.80. The fraction of sp³-hybridized carbons (Fsp3) is 0.346. The summed E-state index contributed by atoms with van der Waals surface area (Å²) in [5, 5.41) is 14.8. The van der Waals surface area contributed by atoms with Gasteiger partial charge in [-0.3, -0.25) is 10.1 Å². The van der Waals surface area contributed by atoms with Crippen LogP contribution in [0.3, 0.4) is 0 Å². The highest BCUT2D eigenvalue weighted by molar-refractivity contribution is 6.31. The van der Waals surface area contributed by atoms with Gasteiger partial charge in [-0.1, -0.05) is 35.9 Å². The highest BCUT2D eigenvalue weighted by atomic mass is 35.5. The summed E-state index contributed by atoms with van der Waals surface area (Å²) in [5.41, 5.74) is -0.215. The van der Waals surface area contributed by atoms with Gasteiger partial charge in [0.1, 0.15) is 18.2 Å². The standard InChI is InChI=1S/C26H29ClFN3O4/c1-26(2,34)14-21(31(3)24(32)11-9-17-6-4-5-7-22(17)27)16-35-25(33)30-23-13-18-8-10-20(28)12-19(18)15-29-23/h4-8,10,12-13,15,21,34H,9,11,14,16H2,1-3H3,(H,29,30,33)/t21-/m0/s1. The molecule has 0 bridgehead atoms. The van der Waals surface area contributed by atoms with Gasteiger partial charge in [-0.2, -0.15) is 0 Å². The van der Waals surface area contributed by atoms with E-state index in [1.807, 2.05) is 18.2 Å². The number of likely N-dealkylation sites (N-methyl/N-ethyl adjacent to an activating group) is 1. The van der Waals surface area contributed by atoms with Crippen LogP contribution < -0.4 is 5.32 Å². The zero-order valence-electron chi connectivity index (χ0n) is 19.9. The molecule has 2 aromatic carbocycles. The van der Waals surface area contributed by atoms with Crippen LogP contribution in [0.25, 0.3) is 10.8 Å². The summed E-state index contributed by atoms with van der Waals surface area (Å²) < 4.78 is 18.7. The number of carbonyl (C=O) groups is 2. The van der Waals surface area contributed by atoms with Crippen molar-refractivity contribution in [3.05, 3.63) is 71.1 Å². The Morgan fingerprint density at radius 2 is 1.94 bits per heavy atom. The van der Waals surface area contributed by atoms with E-state index >= 15 is 0 Å². The maximum Gasteiger partial charge on any atom is 0.412 e. The molecule has 0 aliphatic rings. The second kappa shape index (κ2) is 11.5. The predicted octanol–water partition coefficient (Wildman–Crippen LogP) is 5.20. The Balaban J connectivity index is 1.60. The van der Waals surface area contributed by atoms with Crippen LogP contribution in [0.15, 0.2) is 54.7 Å². The predicted molar refractivity (Wildman–Crippen MR) is 134 cm³/mol. The van der Waals surface area contributed by atoms with Crippen LogP contribution >= 0.6 is 11.6 Å². The first-order valence-electron chi connectivity index (χ1n) is 11.2. The van der Waals surface area contributed by atoms with Gasteiger partial charge in [0.25, 0.3) is 0 Å². The number of aromatic nitrogens is 1. The lowest BCUT2D eigenvalue weighted by Crippen LogP contribution is -2.45. The summed E-state index contributed by atoms with van der Waals surface area (Å²) in [6.07, 6.45) is 1.59. The molecule has 35 heavy (non-hydrogen) atoms. The van der Waals surface area contributed by atoms with E-state index in [0.717, 1.165) is 5.56 Å². The molecule has 7 nitrogen and oxygen atoms in total. The maximum atomic E-state index is 13.3. The molecule has 3 rings (SSSR count). The fourth-order valence-corrected chi connectivity index (χ4v) is 3.93. The zero-order valence-corrected chi connectivity index (χ0v) is 20.7. The maximum absolute atomic E-state index is 13.3. The van der Waals surface area contributed by atoms with Crippen molar-refractivity contribution < 1.29 is 23.8 Å². The third-order valence-electron chi connectivity index (χ3n) is 5.56. The number of hydrogen-bond acceptors (Lipinski definition) is 5. The summed E-state index contributed by atoms with van der Waals surface area (Å²) in [6, 6.07) is 12.7. The smallest absolute Gasteiger partial charge is 0.412 e. The van der Waals surface area contributed by atoms with Crippen molar-refractivity contribution in [2.45, 2.75) is 44.8 Å². The minimum atomic E-state index is -1.09. The van der Waals surface area contributed by atoms with Crippen molar-refractivity contribution in [2.24, 2.45) is 0 Å². The van der Waals surface area contributed by atoms with E-state index in [1.165, 1.54) is 23.2 Å². The topological polar surface area (TPSA) is 91.8 Å². The molecule has 0 unspecified atom stereocenters. The average molecular weight is 502 g/mol. The van der Waals surface area contributed by atoms with Gasteiger partial charge in [-0.25, -0.2) is 14.2 Å². The molecule has 0 saturated heterocycles. The molecule has 2 N–H and O–H groups in total. The van der Waals surface area contributed by atoms with E-state index in [1.54, 1.807) is 39.1 Å². The summed E-state index contributed by atoms with van der Waals surface area (Å²) in [6.45, 7) is 3.14. The summed E-state index contributed by atoms with van der Waals surface area (Å²) in [4.78, 5) is 30.8. The van der Waals surface area contributed by atoms with Crippen molar-refractivity contribution in [1.29, 1.82) is 0 Å². The lowest BCUT2D eigenvalue weighted by molar-refractivity contribution is -0.134. The molecule has 0 aliphatic heterocycles. The van der Waals surface area contributed by atoms with E-state index in [4.69, 9.17) is 16.3 Å². The molecule has 0 spiro atoms. The number of nitrogens with one attached hydrogen (secondary N) is 1. The van der Waals surface area contributed by atoms with Crippen LogP contribution in [0, 0.1) is 5.82 Å². The Morgan fingerprint density at radius 3 is 2.66 bits per heavy atom. The van der Waals surface area contributed by atoms with Gasteiger partial charge < -0.3 is 14.7 Å². The highest BCUT2D eigenvalue weighted by Gasteiger charge is 2.28. The lowest BCUT2D eigenvalue weighted by atomic mass is 9.98. The number of aliphatic hydroxyl groups is 1. The number of halogens is 2. The van der Waals surface area contributed by atoms with Crippen LogP contribution in [0.1, 0.15) is 32.3 Å². The molecule has 0 fully saturated rings. The number of carbonyl (C=O) groups excluding carboxylic acids is 2. The second-order valence-corrected chi connectivity index (χ2v) is 9.46. The molecule has 1 heterocycles. The highest BCUT2D eigenvalue weighted by Crippen LogP contribution is 2.21. The van der Waals surface area contributed by atoms with Crippen molar-refractivity contribution >= 4 is 40.2 Å². The van der Waals surface area contributed by atoms with E-state index in [9.17, 15) is 19.1 Å². The molecule has 0 radical (unpaired) electrons. The number of benzene rings is 2. The molecule has 9 heteroatoms. The molecule has 1 atom stereocenters. The Kier molecular flexibility index (Phi) is 8.64. The summed E-state index contributed by atoms with van der Waals surface area (Å²) >= 11 is 6.18. The Morgan fingerprint density at radius 1 is 1.20 bits per heavy atom. The first-order chi connectivity index (χ1) is 16.5. The minimum Gasteiger partial charge on any atom is -0.447 e. The van der Waals surface area contributed by atoms with E-state index in [0.29, 0.717) is 22.2 Å². The molecule has 0 saturated carbocycles. The number of hydrogen-bond donors (Lipinski definition) is 2. The van der Waals surface area contributed by atoms with Gasteiger partial charge in [0, 0.05) is 30.1 Å². The summed E-state index contributed by atoms with van der Waals surface area (Å²) in [5.74, 6) is -0.285.